The summed E-state index contributed by atoms with van der Waals surface area (Å²) in [6.07, 6.45) is 0. The topological polar surface area (TPSA) is 87.0 Å². The molecule has 0 bridgehead atoms. The van der Waals surface area contributed by atoms with E-state index in [0.717, 1.165) is 17.0 Å². The molecule has 1 unspecified atom stereocenters. The molecule has 112 valence electrons. The van der Waals surface area contributed by atoms with Crippen LogP contribution in [-0.4, -0.2) is 14.7 Å². The summed E-state index contributed by atoms with van der Waals surface area (Å²) >= 11 is 6.11. The Morgan fingerprint density at radius 2 is 2.14 bits per heavy atom. The van der Waals surface area contributed by atoms with Gasteiger partial charge in [0.25, 0.3) is 5.69 Å². The van der Waals surface area contributed by atoms with Crippen molar-refractivity contribution in [3.8, 4) is 0 Å². The zero-order valence-electron chi connectivity index (χ0n) is 12.1. The summed E-state index contributed by atoms with van der Waals surface area (Å²) < 4.78 is 1.71. The second-order valence-electron chi connectivity index (χ2n) is 5.03. The predicted octanol–water partition coefficient (Wildman–Crippen LogP) is 3.13. The Morgan fingerprint density at radius 1 is 1.48 bits per heavy atom. The van der Waals surface area contributed by atoms with Crippen molar-refractivity contribution in [3.63, 3.8) is 0 Å². The van der Waals surface area contributed by atoms with Gasteiger partial charge in [-0.25, -0.2) is 0 Å². The van der Waals surface area contributed by atoms with Crippen LogP contribution in [0.25, 0.3) is 0 Å². The molecule has 0 aliphatic carbocycles. The number of aryl methyl sites for hydroxylation is 1. The van der Waals surface area contributed by atoms with Gasteiger partial charge in [-0.15, -0.1) is 0 Å². The fraction of sp³-hybridized carbons (Fsp3) is 0.357. The molecule has 6 nitrogen and oxygen atoms in total. The number of hydrogen-bond acceptors (Lipinski definition) is 4. The van der Waals surface area contributed by atoms with Crippen molar-refractivity contribution in [3.05, 3.63) is 55.9 Å². The van der Waals surface area contributed by atoms with Gasteiger partial charge in [0.2, 0.25) is 0 Å². The minimum atomic E-state index is -0.431. The van der Waals surface area contributed by atoms with Crippen LogP contribution >= 0.6 is 11.6 Å². The third-order valence-corrected chi connectivity index (χ3v) is 3.85. The lowest BCUT2D eigenvalue weighted by atomic mass is 10.1. The van der Waals surface area contributed by atoms with Crippen LogP contribution < -0.4 is 5.73 Å². The number of hydrogen-bond donors (Lipinski definition) is 1. The van der Waals surface area contributed by atoms with Gasteiger partial charge >= 0.3 is 0 Å². The smallest absolute Gasteiger partial charge is 0.275 e. The fourth-order valence-electron chi connectivity index (χ4n) is 2.55. The first-order chi connectivity index (χ1) is 9.82. The maximum atomic E-state index is 11.1. The summed E-state index contributed by atoms with van der Waals surface area (Å²) in [6.45, 7) is 5.92. The van der Waals surface area contributed by atoms with Gasteiger partial charge in [0.1, 0.15) is 0 Å². The van der Waals surface area contributed by atoms with Gasteiger partial charge in [-0.1, -0.05) is 17.7 Å². The Bertz CT molecular complexity index is 695. The van der Waals surface area contributed by atoms with Crippen LogP contribution in [0.5, 0.6) is 0 Å². The zero-order valence-corrected chi connectivity index (χ0v) is 12.9. The van der Waals surface area contributed by atoms with E-state index in [2.05, 4.69) is 5.10 Å². The molecule has 2 aromatic rings. The van der Waals surface area contributed by atoms with Crippen molar-refractivity contribution in [2.45, 2.75) is 33.4 Å². The molecule has 1 aromatic carbocycles. The number of nitrogens with zero attached hydrogens (tertiary/aromatic N) is 3. The largest absolute Gasteiger partial charge is 0.324 e. The minimum Gasteiger partial charge on any atom is -0.324 e. The Labute approximate surface area is 127 Å². The van der Waals surface area contributed by atoms with E-state index in [4.69, 9.17) is 17.3 Å². The minimum absolute atomic E-state index is 0.00241. The standard InChI is InChI=1S/C14H17ClN4O2/c1-8(16)14-9(2)17-18(10(14)3)7-11-12(15)5-4-6-13(11)19(20)21/h4-6,8H,7,16H2,1-3H3. The first kappa shape index (κ1) is 15.5. The zero-order chi connectivity index (χ0) is 15.7. The summed E-state index contributed by atoms with van der Waals surface area (Å²) in [6, 6.07) is 4.51. The summed E-state index contributed by atoms with van der Waals surface area (Å²) in [5.74, 6) is 0. The predicted molar refractivity (Wildman–Crippen MR) is 81.5 cm³/mol. The van der Waals surface area contributed by atoms with E-state index in [1.165, 1.54) is 6.07 Å². The van der Waals surface area contributed by atoms with E-state index in [1.54, 1.807) is 16.8 Å². The molecule has 0 spiro atoms. The number of halogens is 1. The molecule has 0 radical (unpaired) electrons. The van der Waals surface area contributed by atoms with Crippen molar-refractivity contribution in [1.82, 2.24) is 9.78 Å². The average molecular weight is 309 g/mol. The molecule has 1 atom stereocenters. The van der Waals surface area contributed by atoms with Gasteiger partial charge in [-0.05, 0) is 26.8 Å². The van der Waals surface area contributed by atoms with E-state index in [9.17, 15) is 10.1 Å². The van der Waals surface area contributed by atoms with Crippen LogP contribution in [-0.2, 0) is 6.54 Å². The van der Waals surface area contributed by atoms with E-state index < -0.39 is 4.92 Å². The number of nitro benzene ring substituents is 1. The lowest BCUT2D eigenvalue weighted by Crippen LogP contribution is -2.10. The second-order valence-corrected chi connectivity index (χ2v) is 5.43. The van der Waals surface area contributed by atoms with Gasteiger partial charge in [0, 0.05) is 23.4 Å². The van der Waals surface area contributed by atoms with Crippen LogP contribution in [0.1, 0.15) is 35.5 Å². The van der Waals surface area contributed by atoms with E-state index >= 15 is 0 Å². The molecule has 1 aromatic heterocycles. The van der Waals surface area contributed by atoms with Crippen LogP contribution in [0.3, 0.4) is 0 Å². The van der Waals surface area contributed by atoms with Crippen LogP contribution in [0.15, 0.2) is 18.2 Å². The Kier molecular flexibility index (Phi) is 4.29. The molecular formula is C14H17ClN4O2. The van der Waals surface area contributed by atoms with Crippen molar-refractivity contribution in [1.29, 1.82) is 0 Å². The number of aromatic nitrogens is 2. The van der Waals surface area contributed by atoms with Crippen LogP contribution in [0.2, 0.25) is 5.02 Å². The van der Waals surface area contributed by atoms with Crippen molar-refractivity contribution in [2.75, 3.05) is 0 Å². The first-order valence-electron chi connectivity index (χ1n) is 6.54. The summed E-state index contributed by atoms with van der Waals surface area (Å²) in [7, 11) is 0. The van der Waals surface area contributed by atoms with Crippen molar-refractivity contribution >= 4 is 17.3 Å². The summed E-state index contributed by atoms with van der Waals surface area (Å²) in [5, 5.41) is 15.9. The average Bonchev–Trinajstić information content (AvgIpc) is 2.66. The molecule has 0 saturated carbocycles. The number of rotatable bonds is 4. The normalized spacial score (nSPS) is 12.4. The lowest BCUT2D eigenvalue weighted by Gasteiger charge is -2.09. The molecule has 1 heterocycles. The van der Waals surface area contributed by atoms with Gasteiger partial charge in [0.15, 0.2) is 0 Å². The monoisotopic (exact) mass is 308 g/mol. The number of nitrogens with two attached hydrogens (primary N) is 1. The molecule has 0 fully saturated rings. The molecule has 0 aliphatic rings. The molecule has 0 aliphatic heterocycles. The maximum Gasteiger partial charge on any atom is 0.275 e. The van der Waals surface area contributed by atoms with E-state index in [1.807, 2.05) is 20.8 Å². The Hall–Kier alpha value is -1.92. The van der Waals surface area contributed by atoms with Crippen molar-refractivity contribution in [2.24, 2.45) is 5.73 Å². The highest BCUT2D eigenvalue weighted by molar-refractivity contribution is 6.31. The van der Waals surface area contributed by atoms with E-state index in [0.29, 0.717) is 10.6 Å². The fourth-order valence-corrected chi connectivity index (χ4v) is 2.78. The Morgan fingerprint density at radius 3 is 2.67 bits per heavy atom. The number of benzene rings is 1. The lowest BCUT2D eigenvalue weighted by molar-refractivity contribution is -0.385. The third-order valence-electron chi connectivity index (χ3n) is 3.49. The van der Waals surface area contributed by atoms with Gasteiger partial charge in [-0.2, -0.15) is 5.10 Å². The highest BCUT2D eigenvalue weighted by atomic mass is 35.5. The summed E-state index contributed by atoms with van der Waals surface area (Å²) in [5.41, 5.74) is 9.08. The SMILES string of the molecule is Cc1nn(Cc2c(Cl)cccc2[N+](=O)[O-])c(C)c1C(C)N. The molecule has 7 heteroatoms. The maximum absolute atomic E-state index is 11.1. The molecule has 0 saturated heterocycles. The van der Waals surface area contributed by atoms with Crippen molar-refractivity contribution < 1.29 is 4.92 Å². The third kappa shape index (κ3) is 2.91. The van der Waals surface area contributed by atoms with Crippen LogP contribution in [0, 0.1) is 24.0 Å². The molecule has 0 amide bonds. The molecule has 2 N–H and O–H groups in total. The second kappa shape index (κ2) is 5.83. The van der Waals surface area contributed by atoms with Gasteiger partial charge in [0.05, 0.1) is 27.7 Å². The highest BCUT2D eigenvalue weighted by Gasteiger charge is 2.20. The molecule has 2 rings (SSSR count). The van der Waals surface area contributed by atoms with E-state index in [-0.39, 0.29) is 18.3 Å². The summed E-state index contributed by atoms with van der Waals surface area (Å²) in [4.78, 5) is 10.7. The number of nitro groups is 1. The molecule has 21 heavy (non-hydrogen) atoms. The Balaban J connectivity index is 2.49. The quantitative estimate of drug-likeness (QED) is 0.694. The van der Waals surface area contributed by atoms with Crippen LogP contribution in [0.4, 0.5) is 5.69 Å². The van der Waals surface area contributed by atoms with Gasteiger partial charge in [-0.3, -0.25) is 14.8 Å². The first-order valence-corrected chi connectivity index (χ1v) is 6.92. The van der Waals surface area contributed by atoms with Gasteiger partial charge < -0.3 is 5.73 Å². The highest BCUT2D eigenvalue weighted by Crippen LogP contribution is 2.28. The molecular weight excluding hydrogens is 292 g/mol.